The van der Waals surface area contributed by atoms with E-state index in [1.165, 1.54) is 16.4 Å². The van der Waals surface area contributed by atoms with Gasteiger partial charge in [-0.05, 0) is 24.3 Å². The van der Waals surface area contributed by atoms with Crippen molar-refractivity contribution in [3.8, 4) is 11.3 Å². The normalized spacial score (nSPS) is 15.1. The fourth-order valence-corrected chi connectivity index (χ4v) is 5.44. The minimum Gasteiger partial charge on any atom is -0.314 e. The van der Waals surface area contributed by atoms with Crippen LogP contribution in [-0.2, 0) is 6.54 Å². The first-order valence-corrected chi connectivity index (χ1v) is 11.7. The number of fused-ring (bicyclic) bond motifs is 1. The third kappa shape index (κ3) is 4.11. The molecule has 1 saturated heterocycles. The number of nitrogens with one attached hydrogen (secondary N) is 2. The summed E-state index contributed by atoms with van der Waals surface area (Å²) in [6.07, 6.45) is 3.71. The highest BCUT2D eigenvalue weighted by Gasteiger charge is 2.14. The first kappa shape index (κ1) is 18.9. The number of thiazole rings is 1. The fraction of sp³-hybridized carbons (Fsp3) is 0.250. The van der Waals surface area contributed by atoms with E-state index in [4.69, 9.17) is 11.6 Å². The van der Waals surface area contributed by atoms with Gasteiger partial charge >= 0.3 is 0 Å². The Morgan fingerprint density at radius 2 is 2.07 bits per heavy atom. The lowest BCUT2D eigenvalue weighted by Gasteiger charge is -2.25. The smallest absolute Gasteiger partial charge is 0.188 e. The van der Waals surface area contributed by atoms with Gasteiger partial charge in [0.25, 0.3) is 0 Å². The van der Waals surface area contributed by atoms with E-state index in [1.807, 2.05) is 42.2 Å². The van der Waals surface area contributed by atoms with Crippen LogP contribution in [0.2, 0.25) is 5.02 Å². The van der Waals surface area contributed by atoms with E-state index >= 15 is 0 Å². The molecule has 29 heavy (non-hydrogen) atoms. The number of nitrogens with zero attached hydrogens (tertiary/aromatic N) is 4. The van der Waals surface area contributed by atoms with Crippen LogP contribution in [0, 0.1) is 0 Å². The van der Waals surface area contributed by atoms with Gasteiger partial charge in [-0.15, -0.1) is 11.3 Å². The van der Waals surface area contributed by atoms with Crippen molar-refractivity contribution in [1.82, 2.24) is 25.1 Å². The van der Waals surface area contributed by atoms with Crippen LogP contribution in [0.3, 0.4) is 0 Å². The second-order valence-corrected chi connectivity index (χ2v) is 9.56. The number of halogens is 1. The summed E-state index contributed by atoms with van der Waals surface area (Å²) in [4.78, 5) is 12.7. The molecule has 1 aliphatic heterocycles. The van der Waals surface area contributed by atoms with Gasteiger partial charge in [0.1, 0.15) is 0 Å². The Bertz CT molecular complexity index is 1130. The topological polar surface area (TPSA) is 69.7 Å². The second-order valence-electron chi connectivity index (χ2n) is 6.81. The summed E-state index contributed by atoms with van der Waals surface area (Å²) in [7, 11) is 0. The number of pyridine rings is 1. The third-order valence-corrected chi connectivity index (χ3v) is 7.00. The molecule has 0 bridgehead atoms. The Balaban J connectivity index is 1.38. The molecule has 0 radical (unpaired) electrons. The number of rotatable bonds is 5. The van der Waals surface area contributed by atoms with Crippen molar-refractivity contribution in [1.29, 1.82) is 0 Å². The average Bonchev–Trinajstić information content (AvgIpc) is 3.36. The largest absolute Gasteiger partial charge is 0.314 e. The van der Waals surface area contributed by atoms with Gasteiger partial charge in [-0.2, -0.15) is 16.9 Å². The van der Waals surface area contributed by atoms with Crippen molar-refractivity contribution in [2.75, 3.05) is 29.9 Å². The van der Waals surface area contributed by atoms with Crippen LogP contribution in [0.25, 0.3) is 22.2 Å². The number of aromatic amines is 1. The molecule has 0 saturated carbocycles. The molecule has 0 spiro atoms. The van der Waals surface area contributed by atoms with Crippen molar-refractivity contribution >= 4 is 56.6 Å². The Labute approximate surface area is 181 Å². The highest BCUT2D eigenvalue weighted by atomic mass is 35.5. The lowest BCUT2D eigenvalue weighted by atomic mass is 10.1. The van der Waals surface area contributed by atoms with Crippen molar-refractivity contribution in [2.45, 2.75) is 6.54 Å². The van der Waals surface area contributed by atoms with E-state index in [0.29, 0.717) is 5.02 Å². The molecule has 5 rings (SSSR count). The van der Waals surface area contributed by atoms with E-state index in [1.54, 1.807) is 17.5 Å². The predicted molar refractivity (Wildman–Crippen MR) is 122 cm³/mol. The highest BCUT2D eigenvalue weighted by Crippen LogP contribution is 2.32. The van der Waals surface area contributed by atoms with Crippen LogP contribution >= 0.6 is 34.7 Å². The summed E-state index contributed by atoms with van der Waals surface area (Å²) in [5, 5.41) is 13.3. The molecule has 1 aromatic carbocycles. The quantitative estimate of drug-likeness (QED) is 0.452. The zero-order valence-corrected chi connectivity index (χ0v) is 17.9. The van der Waals surface area contributed by atoms with Crippen LogP contribution in [-0.4, -0.2) is 49.7 Å². The number of hydrogen-bond acceptors (Lipinski definition) is 7. The molecule has 2 N–H and O–H groups in total. The number of thioether (sulfide) groups is 1. The van der Waals surface area contributed by atoms with Gasteiger partial charge < -0.3 is 5.32 Å². The van der Waals surface area contributed by atoms with E-state index in [-0.39, 0.29) is 0 Å². The summed E-state index contributed by atoms with van der Waals surface area (Å²) >= 11 is 10.0. The van der Waals surface area contributed by atoms with Crippen LogP contribution in [0.1, 0.15) is 4.88 Å². The van der Waals surface area contributed by atoms with Crippen LogP contribution in [0.15, 0.2) is 42.7 Å². The first-order valence-electron chi connectivity index (χ1n) is 9.37. The zero-order valence-electron chi connectivity index (χ0n) is 15.6. The van der Waals surface area contributed by atoms with Crippen molar-refractivity contribution < 1.29 is 0 Å². The molecule has 4 heterocycles. The zero-order chi connectivity index (χ0) is 19.6. The molecule has 1 aliphatic rings. The molecule has 3 aromatic heterocycles. The number of anilines is 2. The molecule has 6 nitrogen and oxygen atoms in total. The fourth-order valence-electron chi connectivity index (χ4n) is 3.37. The van der Waals surface area contributed by atoms with Gasteiger partial charge in [-0.25, -0.2) is 4.98 Å². The Morgan fingerprint density at radius 3 is 2.93 bits per heavy atom. The number of hydrogen-bond donors (Lipinski definition) is 2. The standard InChI is InChI=1S/C20H19ClN6S2/c21-16-2-1-5-22-18(16)13-3-4-17-15(10-13)19(26-25-17)24-20-23-11-14(29-20)12-27-6-8-28-9-7-27/h1-5,10-11H,6-9,12H2,(H2,23,24,25,26). The van der Waals surface area contributed by atoms with E-state index in [0.717, 1.165) is 52.7 Å². The number of H-pyrrole nitrogens is 1. The third-order valence-electron chi connectivity index (χ3n) is 4.86. The van der Waals surface area contributed by atoms with Gasteiger partial charge in [-0.1, -0.05) is 17.7 Å². The summed E-state index contributed by atoms with van der Waals surface area (Å²) in [6.45, 7) is 3.26. The summed E-state index contributed by atoms with van der Waals surface area (Å²) in [5.41, 5.74) is 2.67. The number of benzene rings is 1. The van der Waals surface area contributed by atoms with Crippen LogP contribution < -0.4 is 5.32 Å². The summed E-state index contributed by atoms with van der Waals surface area (Å²) in [5.74, 6) is 3.18. The molecular weight excluding hydrogens is 424 g/mol. The summed E-state index contributed by atoms with van der Waals surface area (Å²) < 4.78 is 0. The number of aromatic nitrogens is 4. The van der Waals surface area contributed by atoms with Gasteiger partial charge in [-0.3, -0.25) is 15.0 Å². The predicted octanol–water partition coefficient (Wildman–Crippen LogP) is 5.03. The molecule has 0 amide bonds. The van der Waals surface area contributed by atoms with Crippen molar-refractivity contribution in [3.63, 3.8) is 0 Å². The average molecular weight is 443 g/mol. The molecule has 1 fully saturated rings. The van der Waals surface area contributed by atoms with Crippen LogP contribution in [0.5, 0.6) is 0 Å². The molecule has 0 aliphatic carbocycles. The maximum absolute atomic E-state index is 6.32. The molecule has 4 aromatic rings. The van der Waals surface area contributed by atoms with Crippen LogP contribution in [0.4, 0.5) is 10.9 Å². The van der Waals surface area contributed by atoms with Crippen molar-refractivity contribution in [3.05, 3.63) is 52.6 Å². The minimum atomic E-state index is 0.630. The van der Waals surface area contributed by atoms with Gasteiger partial charge in [0, 0.05) is 59.4 Å². The van der Waals surface area contributed by atoms with Gasteiger partial charge in [0.15, 0.2) is 10.9 Å². The van der Waals surface area contributed by atoms with E-state index in [2.05, 4.69) is 36.4 Å². The molecule has 148 valence electrons. The molecule has 9 heteroatoms. The lowest BCUT2D eigenvalue weighted by Crippen LogP contribution is -2.31. The second kappa shape index (κ2) is 8.31. The molecule has 0 atom stereocenters. The van der Waals surface area contributed by atoms with Gasteiger partial charge in [0.05, 0.1) is 16.2 Å². The lowest BCUT2D eigenvalue weighted by molar-refractivity contribution is 0.297. The first-order chi connectivity index (χ1) is 14.3. The SMILES string of the molecule is Clc1cccnc1-c1ccc2[nH]nc(Nc3ncc(CN4CCSCC4)s3)c2c1. The summed E-state index contributed by atoms with van der Waals surface area (Å²) in [6, 6.07) is 9.72. The molecule has 0 unspecified atom stereocenters. The highest BCUT2D eigenvalue weighted by molar-refractivity contribution is 7.99. The maximum Gasteiger partial charge on any atom is 0.188 e. The van der Waals surface area contributed by atoms with E-state index < -0.39 is 0 Å². The Morgan fingerprint density at radius 1 is 1.17 bits per heavy atom. The van der Waals surface area contributed by atoms with Crippen molar-refractivity contribution in [2.24, 2.45) is 0 Å². The van der Waals surface area contributed by atoms with E-state index in [9.17, 15) is 0 Å². The van der Waals surface area contributed by atoms with Gasteiger partial charge in [0.2, 0.25) is 0 Å². The Hall–Kier alpha value is -2.13. The molecular formula is C20H19ClN6S2. The maximum atomic E-state index is 6.32. The monoisotopic (exact) mass is 442 g/mol. The Kier molecular flexibility index (Phi) is 5.41. The minimum absolute atomic E-state index is 0.630.